The molecule has 110 valence electrons. The molecule has 2 atom stereocenters. The maximum absolute atomic E-state index is 12.4. The molecule has 0 aromatic carbocycles. The van der Waals surface area contributed by atoms with Gasteiger partial charge in [-0.1, -0.05) is 0 Å². The molecule has 4 rings (SSSR count). The van der Waals surface area contributed by atoms with Gasteiger partial charge >= 0.3 is 0 Å². The van der Waals surface area contributed by atoms with E-state index in [1.807, 2.05) is 0 Å². The van der Waals surface area contributed by atoms with Crippen LogP contribution < -0.4 is 0 Å². The summed E-state index contributed by atoms with van der Waals surface area (Å²) in [6, 6.07) is 0.0665. The Morgan fingerprint density at radius 1 is 0.900 bits per heavy atom. The third-order valence-electron chi connectivity index (χ3n) is 5.50. The maximum Gasteiger partial charge on any atom is 0.232 e. The number of piperidine rings is 1. The predicted octanol–water partition coefficient (Wildman–Crippen LogP) is 1.46. The van der Waals surface area contributed by atoms with Gasteiger partial charge in [0, 0.05) is 30.7 Å². The standard InChI is InChI=1S/C15H21NO4/c17-13-10-1-2-11(9-10)14(18)16(13)12-3-5-15(6-4-12)19-7-8-20-15/h10-12H,1-9H2. The fourth-order valence-corrected chi connectivity index (χ4v) is 4.38. The lowest BCUT2D eigenvalue weighted by atomic mass is 9.86. The Hall–Kier alpha value is -0.940. The van der Waals surface area contributed by atoms with Crippen LogP contribution in [0.5, 0.6) is 0 Å². The molecule has 5 nitrogen and oxygen atoms in total. The number of likely N-dealkylation sites (tertiary alicyclic amines) is 1. The van der Waals surface area contributed by atoms with Crippen LogP contribution in [-0.4, -0.2) is 41.8 Å². The fourth-order valence-electron chi connectivity index (χ4n) is 4.38. The minimum atomic E-state index is -0.419. The van der Waals surface area contributed by atoms with Gasteiger partial charge in [-0.25, -0.2) is 0 Å². The van der Waals surface area contributed by atoms with Gasteiger partial charge in [-0.15, -0.1) is 0 Å². The van der Waals surface area contributed by atoms with Gasteiger partial charge in [-0.05, 0) is 32.1 Å². The minimum Gasteiger partial charge on any atom is -0.348 e. The monoisotopic (exact) mass is 279 g/mol. The van der Waals surface area contributed by atoms with Crippen molar-refractivity contribution in [2.24, 2.45) is 11.8 Å². The molecule has 0 aromatic rings. The molecule has 2 unspecified atom stereocenters. The topological polar surface area (TPSA) is 55.8 Å². The van der Waals surface area contributed by atoms with E-state index in [9.17, 15) is 9.59 Å². The van der Waals surface area contributed by atoms with E-state index in [2.05, 4.69) is 0 Å². The molecule has 20 heavy (non-hydrogen) atoms. The van der Waals surface area contributed by atoms with Crippen molar-refractivity contribution in [1.29, 1.82) is 0 Å². The second kappa shape index (κ2) is 4.53. The third kappa shape index (κ3) is 1.83. The van der Waals surface area contributed by atoms with Crippen molar-refractivity contribution in [3.63, 3.8) is 0 Å². The van der Waals surface area contributed by atoms with Crippen molar-refractivity contribution >= 4 is 11.8 Å². The molecule has 5 heteroatoms. The highest BCUT2D eigenvalue weighted by atomic mass is 16.7. The molecule has 2 amide bonds. The van der Waals surface area contributed by atoms with E-state index in [0.29, 0.717) is 13.2 Å². The van der Waals surface area contributed by atoms with E-state index in [0.717, 1.165) is 44.9 Å². The van der Waals surface area contributed by atoms with E-state index in [1.54, 1.807) is 4.90 Å². The lowest BCUT2D eigenvalue weighted by molar-refractivity contribution is -0.188. The number of carbonyl (C=O) groups is 2. The number of nitrogens with zero attached hydrogens (tertiary/aromatic N) is 1. The Bertz CT molecular complexity index is 411. The van der Waals surface area contributed by atoms with Gasteiger partial charge in [0.15, 0.2) is 5.79 Å². The van der Waals surface area contributed by atoms with Crippen molar-refractivity contribution in [3.8, 4) is 0 Å². The zero-order valence-electron chi connectivity index (χ0n) is 11.7. The minimum absolute atomic E-state index is 0.0665. The zero-order valence-corrected chi connectivity index (χ0v) is 11.7. The predicted molar refractivity (Wildman–Crippen MR) is 69.6 cm³/mol. The number of amides is 2. The molecule has 2 bridgehead atoms. The molecule has 2 heterocycles. The van der Waals surface area contributed by atoms with Crippen LogP contribution in [-0.2, 0) is 19.1 Å². The van der Waals surface area contributed by atoms with Crippen molar-refractivity contribution in [1.82, 2.24) is 4.90 Å². The highest BCUT2D eigenvalue weighted by molar-refractivity contribution is 6.01. The molecule has 2 aliphatic carbocycles. The molecule has 2 aliphatic heterocycles. The summed E-state index contributed by atoms with van der Waals surface area (Å²) in [5.74, 6) is -0.0479. The first-order valence-electron chi connectivity index (χ1n) is 7.83. The number of fused-ring (bicyclic) bond motifs is 2. The van der Waals surface area contributed by atoms with Crippen molar-refractivity contribution in [2.45, 2.75) is 56.8 Å². The first kappa shape index (κ1) is 12.8. The number of imide groups is 1. The van der Waals surface area contributed by atoms with E-state index in [4.69, 9.17) is 9.47 Å². The summed E-state index contributed by atoms with van der Waals surface area (Å²) in [4.78, 5) is 26.5. The van der Waals surface area contributed by atoms with Crippen LogP contribution in [0.25, 0.3) is 0 Å². The summed E-state index contributed by atoms with van der Waals surface area (Å²) in [5.41, 5.74) is 0. The summed E-state index contributed by atoms with van der Waals surface area (Å²) in [7, 11) is 0. The Kier molecular flexibility index (Phi) is 2.89. The Morgan fingerprint density at radius 3 is 2.00 bits per heavy atom. The van der Waals surface area contributed by atoms with E-state index >= 15 is 0 Å². The van der Waals surface area contributed by atoms with E-state index in [-0.39, 0.29) is 29.7 Å². The second-order valence-electron chi connectivity index (χ2n) is 6.59. The molecule has 1 spiro atoms. The van der Waals surface area contributed by atoms with Gasteiger partial charge in [0.05, 0.1) is 13.2 Å². The first-order chi connectivity index (χ1) is 9.69. The number of hydrogen-bond acceptors (Lipinski definition) is 4. The quantitative estimate of drug-likeness (QED) is 0.682. The summed E-state index contributed by atoms with van der Waals surface area (Å²) >= 11 is 0. The number of rotatable bonds is 1. The van der Waals surface area contributed by atoms with Crippen molar-refractivity contribution in [2.75, 3.05) is 13.2 Å². The lowest BCUT2D eigenvalue weighted by Gasteiger charge is -2.42. The van der Waals surface area contributed by atoms with Crippen LogP contribution in [0.4, 0.5) is 0 Å². The van der Waals surface area contributed by atoms with Gasteiger partial charge < -0.3 is 9.47 Å². The van der Waals surface area contributed by atoms with Gasteiger partial charge in [0.2, 0.25) is 11.8 Å². The molecular weight excluding hydrogens is 258 g/mol. The average molecular weight is 279 g/mol. The summed E-state index contributed by atoms with van der Waals surface area (Å²) < 4.78 is 11.4. The molecule has 0 aromatic heterocycles. The maximum atomic E-state index is 12.4. The summed E-state index contributed by atoms with van der Waals surface area (Å²) in [5, 5.41) is 0. The van der Waals surface area contributed by atoms with Crippen molar-refractivity contribution in [3.05, 3.63) is 0 Å². The van der Waals surface area contributed by atoms with Gasteiger partial charge in [0.25, 0.3) is 0 Å². The van der Waals surface area contributed by atoms with Crippen LogP contribution in [0.2, 0.25) is 0 Å². The van der Waals surface area contributed by atoms with Gasteiger partial charge in [-0.3, -0.25) is 14.5 Å². The van der Waals surface area contributed by atoms with E-state index < -0.39 is 5.79 Å². The second-order valence-corrected chi connectivity index (χ2v) is 6.59. The fraction of sp³-hybridized carbons (Fsp3) is 0.867. The molecule has 4 aliphatic rings. The van der Waals surface area contributed by atoms with Crippen LogP contribution in [0.15, 0.2) is 0 Å². The van der Waals surface area contributed by atoms with Gasteiger partial charge in [-0.2, -0.15) is 0 Å². The van der Waals surface area contributed by atoms with Gasteiger partial charge in [0.1, 0.15) is 0 Å². The summed E-state index contributed by atoms with van der Waals surface area (Å²) in [6.45, 7) is 1.33. The van der Waals surface area contributed by atoms with Crippen LogP contribution in [0.1, 0.15) is 44.9 Å². The number of carbonyl (C=O) groups excluding carboxylic acids is 2. The SMILES string of the molecule is O=C1C2CCC(C2)C(=O)N1C1CCC2(CC1)OCCO2. The molecular formula is C15H21NO4. The highest BCUT2D eigenvalue weighted by Crippen LogP contribution is 2.43. The van der Waals surface area contributed by atoms with E-state index in [1.165, 1.54) is 0 Å². The van der Waals surface area contributed by atoms with Crippen molar-refractivity contribution < 1.29 is 19.1 Å². The highest BCUT2D eigenvalue weighted by Gasteiger charge is 2.50. The molecule has 4 fully saturated rings. The number of hydrogen-bond donors (Lipinski definition) is 0. The Balaban J connectivity index is 1.48. The smallest absolute Gasteiger partial charge is 0.232 e. The van der Waals surface area contributed by atoms with Crippen LogP contribution in [0, 0.1) is 11.8 Å². The normalized spacial score (nSPS) is 37.1. The molecule has 0 N–H and O–H groups in total. The zero-order chi connectivity index (χ0) is 13.7. The average Bonchev–Trinajstić information content (AvgIpc) is 3.08. The summed E-state index contributed by atoms with van der Waals surface area (Å²) in [6.07, 6.45) is 5.81. The third-order valence-corrected chi connectivity index (χ3v) is 5.50. The lowest BCUT2D eigenvalue weighted by Crippen LogP contribution is -2.54. The first-order valence-corrected chi connectivity index (χ1v) is 7.83. The van der Waals surface area contributed by atoms with Crippen LogP contribution in [0.3, 0.4) is 0 Å². The Labute approximate surface area is 118 Å². The number of ether oxygens (including phenoxy) is 2. The molecule has 0 radical (unpaired) electrons. The molecule has 2 saturated carbocycles. The largest absolute Gasteiger partial charge is 0.348 e. The van der Waals surface area contributed by atoms with Crippen LogP contribution >= 0.6 is 0 Å². The molecule has 2 saturated heterocycles. The Morgan fingerprint density at radius 2 is 1.45 bits per heavy atom.